The number of unbranched alkanes of at least 4 members (excludes halogenated alkanes) is 1. The van der Waals surface area contributed by atoms with Crippen LogP contribution in [0.25, 0.3) is 5.76 Å². The molecule has 2 aliphatic rings. The van der Waals surface area contributed by atoms with E-state index in [1.165, 1.54) is 28.0 Å². The van der Waals surface area contributed by atoms with Gasteiger partial charge in [0.15, 0.2) is 4.34 Å². The largest absolute Gasteiger partial charge is 0.507 e. The molecular formula is C33H30ClN3O5S2. The minimum atomic E-state index is -0.935. The number of fused-ring (bicyclic) bond motifs is 1. The minimum Gasteiger partial charge on any atom is -0.507 e. The first kappa shape index (κ1) is 30.2. The summed E-state index contributed by atoms with van der Waals surface area (Å²) < 4.78 is 12.4. The van der Waals surface area contributed by atoms with Gasteiger partial charge in [0.1, 0.15) is 23.4 Å². The van der Waals surface area contributed by atoms with Crippen LogP contribution in [0.5, 0.6) is 11.5 Å². The first-order chi connectivity index (χ1) is 21.3. The summed E-state index contributed by atoms with van der Waals surface area (Å²) in [6.45, 7) is 4.61. The fourth-order valence-electron chi connectivity index (χ4n) is 5.26. The van der Waals surface area contributed by atoms with Gasteiger partial charge >= 0.3 is 5.91 Å². The summed E-state index contributed by atoms with van der Waals surface area (Å²) in [6.07, 6.45) is 2.59. The molecule has 4 aromatic rings. The van der Waals surface area contributed by atoms with Crippen LogP contribution < -0.4 is 14.4 Å². The SMILES string of the molecule is CCCCOc1cccc([C@@H]2/C(=C(\O)c3ccc4c(c3)C[C@@H](C)O4)C(=O)C(=O)N2c2nnc(SCc3ccc(Cl)cc3)s2)c1. The zero-order valence-electron chi connectivity index (χ0n) is 24.2. The average Bonchev–Trinajstić information content (AvgIpc) is 3.71. The highest BCUT2D eigenvalue weighted by atomic mass is 35.5. The highest BCUT2D eigenvalue weighted by Crippen LogP contribution is 2.45. The summed E-state index contributed by atoms with van der Waals surface area (Å²) in [4.78, 5) is 28.7. The quantitative estimate of drug-likeness (QED) is 0.0469. The Balaban J connectivity index is 1.38. The maximum absolute atomic E-state index is 13.7. The summed E-state index contributed by atoms with van der Waals surface area (Å²) in [5.41, 5.74) is 3.04. The van der Waals surface area contributed by atoms with Gasteiger partial charge in [-0.25, -0.2) is 0 Å². The van der Waals surface area contributed by atoms with Gasteiger partial charge in [0.05, 0.1) is 18.2 Å². The first-order valence-electron chi connectivity index (χ1n) is 14.4. The standard InChI is InChI=1S/C33H30ClN3O5S2/c1-3-4-14-41-25-7-5-6-21(17-25)28-27(29(38)22-10-13-26-23(16-22)15-19(2)42-26)30(39)31(40)37(28)32-35-36-33(44-32)43-18-20-8-11-24(34)12-9-20/h5-13,16-17,19,28,38H,3-4,14-15,18H2,1-2H3/b29-27+/t19-,28-/m1/s1. The molecule has 1 amide bonds. The maximum Gasteiger partial charge on any atom is 0.301 e. The molecule has 0 saturated carbocycles. The van der Waals surface area contributed by atoms with E-state index in [4.69, 9.17) is 21.1 Å². The van der Waals surface area contributed by atoms with Crippen LogP contribution in [-0.2, 0) is 21.8 Å². The molecule has 0 spiro atoms. The third-order valence-corrected chi connectivity index (χ3v) is 9.81. The van der Waals surface area contributed by atoms with Gasteiger partial charge in [0, 0.05) is 22.8 Å². The van der Waals surface area contributed by atoms with Gasteiger partial charge in [-0.3, -0.25) is 14.5 Å². The number of hydrogen-bond acceptors (Lipinski definition) is 9. The number of aliphatic hydroxyl groups excluding tert-OH is 1. The van der Waals surface area contributed by atoms with Gasteiger partial charge in [-0.05, 0) is 72.5 Å². The number of carbonyl (C=O) groups excluding carboxylic acids is 2. The number of thioether (sulfide) groups is 1. The molecule has 0 radical (unpaired) electrons. The molecule has 8 nitrogen and oxygen atoms in total. The molecule has 0 unspecified atom stereocenters. The Morgan fingerprint density at radius 2 is 1.95 bits per heavy atom. The number of ether oxygens (including phenoxy) is 2. The van der Waals surface area contributed by atoms with E-state index in [2.05, 4.69) is 17.1 Å². The zero-order chi connectivity index (χ0) is 30.8. The number of amides is 1. The van der Waals surface area contributed by atoms with Crippen LogP contribution >= 0.6 is 34.7 Å². The number of ketones is 1. The molecule has 1 saturated heterocycles. The maximum atomic E-state index is 13.7. The monoisotopic (exact) mass is 647 g/mol. The van der Waals surface area contributed by atoms with Crippen molar-refractivity contribution in [2.45, 2.75) is 55.3 Å². The number of benzene rings is 3. The van der Waals surface area contributed by atoms with Crippen molar-refractivity contribution in [1.82, 2.24) is 10.2 Å². The van der Waals surface area contributed by atoms with Crippen molar-refractivity contribution in [2.24, 2.45) is 0 Å². The summed E-state index contributed by atoms with van der Waals surface area (Å²) in [5.74, 6) is 0.170. The van der Waals surface area contributed by atoms with Crippen LogP contribution in [0.2, 0.25) is 5.02 Å². The third kappa shape index (κ3) is 6.20. The van der Waals surface area contributed by atoms with E-state index in [-0.39, 0.29) is 22.6 Å². The molecule has 2 atom stereocenters. The number of nitrogens with zero attached hydrogens (tertiary/aromatic N) is 3. The molecule has 226 valence electrons. The lowest BCUT2D eigenvalue weighted by Gasteiger charge is -2.23. The molecule has 3 heterocycles. The lowest BCUT2D eigenvalue weighted by atomic mass is 9.94. The zero-order valence-corrected chi connectivity index (χ0v) is 26.5. The summed E-state index contributed by atoms with van der Waals surface area (Å²) >= 11 is 8.70. The summed E-state index contributed by atoms with van der Waals surface area (Å²) in [7, 11) is 0. The van der Waals surface area contributed by atoms with E-state index in [0.717, 1.165) is 29.7 Å². The fourth-order valence-corrected chi connectivity index (χ4v) is 7.21. The Kier molecular flexibility index (Phi) is 8.93. The van der Waals surface area contributed by atoms with Crippen LogP contribution in [0.15, 0.2) is 76.6 Å². The van der Waals surface area contributed by atoms with Crippen LogP contribution in [0, 0.1) is 0 Å². The molecule has 6 rings (SSSR count). The van der Waals surface area contributed by atoms with E-state index >= 15 is 0 Å². The van der Waals surface area contributed by atoms with E-state index in [1.807, 2.05) is 61.5 Å². The molecule has 3 aromatic carbocycles. The third-order valence-electron chi connectivity index (χ3n) is 7.43. The van der Waals surface area contributed by atoms with E-state index in [1.54, 1.807) is 12.1 Å². The smallest absolute Gasteiger partial charge is 0.301 e. The Bertz CT molecular complexity index is 1740. The van der Waals surface area contributed by atoms with Crippen LogP contribution in [0.4, 0.5) is 5.13 Å². The van der Waals surface area contributed by atoms with Crippen LogP contribution in [-0.4, -0.2) is 39.7 Å². The number of hydrogen-bond donors (Lipinski definition) is 1. The Morgan fingerprint density at radius 3 is 2.75 bits per heavy atom. The van der Waals surface area contributed by atoms with Gasteiger partial charge in [0.2, 0.25) is 5.13 Å². The van der Waals surface area contributed by atoms with Crippen molar-refractivity contribution >= 4 is 57.3 Å². The number of halogens is 1. The van der Waals surface area contributed by atoms with Crippen molar-refractivity contribution in [3.63, 3.8) is 0 Å². The molecule has 1 fully saturated rings. The second-order valence-electron chi connectivity index (χ2n) is 10.7. The minimum absolute atomic E-state index is 0.0156. The highest BCUT2D eigenvalue weighted by Gasteiger charge is 2.48. The number of carbonyl (C=O) groups is 2. The van der Waals surface area contributed by atoms with E-state index in [0.29, 0.717) is 45.0 Å². The van der Waals surface area contributed by atoms with Gasteiger partial charge in [-0.2, -0.15) is 0 Å². The van der Waals surface area contributed by atoms with Crippen molar-refractivity contribution in [3.05, 3.63) is 99.6 Å². The predicted molar refractivity (Wildman–Crippen MR) is 173 cm³/mol. The summed E-state index contributed by atoms with van der Waals surface area (Å²) in [5, 5.41) is 21.2. The Morgan fingerprint density at radius 1 is 1.14 bits per heavy atom. The lowest BCUT2D eigenvalue weighted by Crippen LogP contribution is -2.29. The molecule has 0 bridgehead atoms. The van der Waals surface area contributed by atoms with Gasteiger partial charge in [-0.15, -0.1) is 10.2 Å². The molecule has 1 aromatic heterocycles. The Labute approximate surface area is 268 Å². The second kappa shape index (κ2) is 13.0. The lowest BCUT2D eigenvalue weighted by molar-refractivity contribution is -0.132. The first-order valence-corrected chi connectivity index (χ1v) is 16.5. The second-order valence-corrected chi connectivity index (χ2v) is 13.3. The van der Waals surface area contributed by atoms with Crippen LogP contribution in [0.3, 0.4) is 0 Å². The van der Waals surface area contributed by atoms with Crippen molar-refractivity contribution < 1.29 is 24.2 Å². The van der Waals surface area contributed by atoms with Gasteiger partial charge in [-0.1, -0.05) is 72.3 Å². The van der Waals surface area contributed by atoms with Crippen molar-refractivity contribution in [1.29, 1.82) is 0 Å². The molecular weight excluding hydrogens is 618 g/mol. The fraction of sp³-hybridized carbons (Fsp3) is 0.273. The molecule has 11 heteroatoms. The van der Waals surface area contributed by atoms with Crippen LogP contribution in [0.1, 0.15) is 55.0 Å². The predicted octanol–water partition coefficient (Wildman–Crippen LogP) is 7.61. The number of aliphatic hydroxyl groups is 1. The molecule has 2 aliphatic heterocycles. The summed E-state index contributed by atoms with van der Waals surface area (Å²) in [6, 6.07) is 19.2. The number of anilines is 1. The van der Waals surface area contributed by atoms with Crippen molar-refractivity contribution in [2.75, 3.05) is 11.5 Å². The van der Waals surface area contributed by atoms with Gasteiger partial charge < -0.3 is 14.6 Å². The Hall–Kier alpha value is -3.86. The highest BCUT2D eigenvalue weighted by molar-refractivity contribution is 8.00. The molecule has 44 heavy (non-hydrogen) atoms. The van der Waals surface area contributed by atoms with Crippen molar-refractivity contribution in [3.8, 4) is 11.5 Å². The average molecular weight is 648 g/mol. The number of aromatic nitrogens is 2. The normalized spacial score (nSPS) is 18.8. The molecule has 0 aliphatic carbocycles. The number of Topliss-reactive ketones (excluding diaryl/α,β-unsaturated/α-hetero) is 1. The van der Waals surface area contributed by atoms with E-state index in [9.17, 15) is 14.7 Å². The molecule has 1 N–H and O–H groups in total. The number of rotatable bonds is 10. The van der Waals surface area contributed by atoms with E-state index < -0.39 is 17.7 Å². The van der Waals surface area contributed by atoms with Gasteiger partial charge in [0.25, 0.3) is 5.78 Å². The topological polar surface area (TPSA) is 102 Å².